The third-order valence-electron chi connectivity index (χ3n) is 8.07. The lowest BCUT2D eigenvalue weighted by molar-refractivity contribution is -0.154. The standard InChI is InChI=1S/C26H42N2O5S/c1-6-10-11-15-27(14-7-2)24(31)22-26-13-12-19(34-26)20(25(32)33-9-4)21(26)23(30)28(22)18(16-29)17(5)8-3/h7,17-22,29H,2,6,8-16H2,1,3-5H3/t17-,18-,19-,20+,21-,22?,26?/m0/s1. The number of carbonyl (C=O) groups excluding carboxylic acids is 3. The van der Waals surface area contributed by atoms with Crippen molar-refractivity contribution in [3.8, 4) is 0 Å². The Morgan fingerprint density at radius 1 is 1.35 bits per heavy atom. The van der Waals surface area contributed by atoms with E-state index in [4.69, 9.17) is 4.74 Å². The number of nitrogens with zero attached hydrogens (tertiary/aromatic N) is 2. The molecule has 3 aliphatic heterocycles. The van der Waals surface area contributed by atoms with Crippen molar-refractivity contribution in [2.75, 3.05) is 26.3 Å². The fraction of sp³-hybridized carbons (Fsp3) is 0.808. The molecule has 1 spiro atoms. The monoisotopic (exact) mass is 494 g/mol. The van der Waals surface area contributed by atoms with Gasteiger partial charge >= 0.3 is 5.97 Å². The maximum atomic E-state index is 14.2. The first-order valence-electron chi connectivity index (χ1n) is 13.0. The summed E-state index contributed by atoms with van der Waals surface area (Å²) in [4.78, 5) is 44.8. The molecule has 192 valence electrons. The number of amides is 2. The second-order valence-electron chi connectivity index (χ2n) is 9.97. The van der Waals surface area contributed by atoms with Crippen LogP contribution >= 0.6 is 11.8 Å². The van der Waals surface area contributed by atoms with Gasteiger partial charge in [0, 0.05) is 18.3 Å². The van der Waals surface area contributed by atoms with Gasteiger partial charge in [-0.25, -0.2) is 0 Å². The highest BCUT2D eigenvalue weighted by atomic mass is 32.2. The quantitative estimate of drug-likeness (QED) is 0.240. The number of aliphatic hydroxyl groups excluding tert-OH is 1. The summed E-state index contributed by atoms with van der Waals surface area (Å²) in [6.07, 6.45) is 6.99. The lowest BCUT2D eigenvalue weighted by Gasteiger charge is -2.41. The van der Waals surface area contributed by atoms with Crippen LogP contribution in [0.5, 0.6) is 0 Å². The molecule has 2 unspecified atom stereocenters. The van der Waals surface area contributed by atoms with Crippen LogP contribution in [0.2, 0.25) is 0 Å². The molecule has 0 aromatic rings. The first-order valence-corrected chi connectivity index (χ1v) is 13.9. The van der Waals surface area contributed by atoms with Crippen molar-refractivity contribution >= 4 is 29.5 Å². The van der Waals surface area contributed by atoms with Crippen molar-refractivity contribution < 1.29 is 24.2 Å². The number of aliphatic hydroxyl groups is 1. The van der Waals surface area contributed by atoms with Crippen LogP contribution in [-0.4, -0.2) is 81.1 Å². The van der Waals surface area contributed by atoms with E-state index in [1.807, 2.05) is 18.7 Å². The number of rotatable bonds is 13. The first kappa shape index (κ1) is 27.1. The third-order valence-corrected chi connectivity index (χ3v) is 10.0. The van der Waals surface area contributed by atoms with Crippen molar-refractivity contribution in [3.05, 3.63) is 12.7 Å². The number of fused-ring (bicyclic) bond motifs is 1. The molecule has 3 rings (SSSR count). The molecular weight excluding hydrogens is 452 g/mol. The molecular formula is C26H42N2O5S. The predicted molar refractivity (Wildman–Crippen MR) is 134 cm³/mol. The number of thioether (sulfide) groups is 1. The Morgan fingerprint density at radius 3 is 2.68 bits per heavy atom. The van der Waals surface area contributed by atoms with Gasteiger partial charge in [0.05, 0.1) is 35.8 Å². The molecule has 7 nitrogen and oxygen atoms in total. The van der Waals surface area contributed by atoms with Gasteiger partial charge in [-0.1, -0.05) is 46.1 Å². The first-order chi connectivity index (χ1) is 16.3. The van der Waals surface area contributed by atoms with Crippen molar-refractivity contribution in [2.24, 2.45) is 17.8 Å². The van der Waals surface area contributed by atoms with E-state index in [-0.39, 0.29) is 42.2 Å². The van der Waals surface area contributed by atoms with Crippen molar-refractivity contribution in [1.29, 1.82) is 0 Å². The zero-order chi connectivity index (χ0) is 25.0. The number of hydrogen-bond acceptors (Lipinski definition) is 6. The number of likely N-dealkylation sites (tertiary alicyclic amines) is 1. The molecule has 34 heavy (non-hydrogen) atoms. The number of ether oxygens (including phenoxy) is 1. The fourth-order valence-electron chi connectivity index (χ4n) is 6.22. The highest BCUT2D eigenvalue weighted by Gasteiger charge is 2.74. The van der Waals surface area contributed by atoms with Gasteiger partial charge in [-0.3, -0.25) is 14.4 Å². The van der Waals surface area contributed by atoms with Crippen LogP contribution in [0.3, 0.4) is 0 Å². The van der Waals surface area contributed by atoms with Crippen LogP contribution in [-0.2, 0) is 19.1 Å². The van der Waals surface area contributed by atoms with Gasteiger partial charge in [0.1, 0.15) is 6.04 Å². The van der Waals surface area contributed by atoms with E-state index >= 15 is 0 Å². The van der Waals surface area contributed by atoms with Gasteiger partial charge in [-0.15, -0.1) is 18.3 Å². The summed E-state index contributed by atoms with van der Waals surface area (Å²) in [5, 5.41) is 10.4. The Bertz CT molecular complexity index is 776. The number of carbonyl (C=O) groups is 3. The summed E-state index contributed by atoms with van der Waals surface area (Å²) in [6, 6.07) is -1.15. The number of esters is 1. The Hall–Kier alpha value is -1.54. The van der Waals surface area contributed by atoms with Crippen LogP contribution in [0, 0.1) is 17.8 Å². The number of hydrogen-bond donors (Lipinski definition) is 1. The molecule has 3 heterocycles. The highest BCUT2D eigenvalue weighted by Crippen LogP contribution is 2.67. The molecule has 0 aromatic heterocycles. The summed E-state index contributed by atoms with van der Waals surface area (Å²) in [5.74, 6) is -1.67. The Labute approximate surface area is 208 Å². The van der Waals surface area contributed by atoms with Crippen LogP contribution < -0.4 is 0 Å². The van der Waals surface area contributed by atoms with Gasteiger partial charge in [-0.2, -0.15) is 0 Å². The molecule has 3 aliphatic rings. The smallest absolute Gasteiger partial charge is 0.310 e. The summed E-state index contributed by atoms with van der Waals surface area (Å²) in [6.45, 7) is 12.9. The van der Waals surface area contributed by atoms with E-state index in [0.29, 0.717) is 13.1 Å². The summed E-state index contributed by atoms with van der Waals surface area (Å²) in [5.41, 5.74) is 0. The van der Waals surface area contributed by atoms with Gasteiger partial charge in [0.25, 0.3) is 0 Å². The molecule has 8 heteroatoms. The molecule has 3 saturated heterocycles. The third kappa shape index (κ3) is 4.52. The topological polar surface area (TPSA) is 87.2 Å². The number of unbranched alkanes of at least 4 members (excludes halogenated alkanes) is 2. The van der Waals surface area contributed by atoms with Crippen molar-refractivity contribution in [2.45, 2.75) is 88.3 Å². The molecule has 0 radical (unpaired) electrons. The van der Waals surface area contributed by atoms with Crippen LogP contribution in [0.25, 0.3) is 0 Å². The molecule has 0 aliphatic carbocycles. The van der Waals surface area contributed by atoms with Gasteiger partial charge in [0.15, 0.2) is 0 Å². The minimum atomic E-state index is -0.688. The minimum Gasteiger partial charge on any atom is -0.466 e. The zero-order valence-corrected chi connectivity index (χ0v) is 22.0. The average molecular weight is 495 g/mol. The Morgan fingerprint density at radius 2 is 2.09 bits per heavy atom. The fourth-order valence-corrected chi connectivity index (χ4v) is 8.41. The highest BCUT2D eigenvalue weighted by molar-refractivity contribution is 8.02. The zero-order valence-electron chi connectivity index (χ0n) is 21.2. The summed E-state index contributed by atoms with van der Waals surface area (Å²) in [7, 11) is 0. The van der Waals surface area contributed by atoms with Crippen LogP contribution in [0.4, 0.5) is 0 Å². The molecule has 7 atom stereocenters. The normalized spacial score (nSPS) is 31.3. The van der Waals surface area contributed by atoms with Crippen LogP contribution in [0.15, 0.2) is 12.7 Å². The molecule has 2 amide bonds. The largest absolute Gasteiger partial charge is 0.466 e. The SMILES string of the molecule is C=CCN(CCCCC)C(=O)C1N([C@@H](CO)[C@@H](C)CC)C(=O)[C@@H]2[C@H](C(=O)OCC)[C@@H]3CCC12S3. The Kier molecular flexibility index (Phi) is 9.12. The van der Waals surface area contributed by atoms with E-state index in [2.05, 4.69) is 13.5 Å². The summed E-state index contributed by atoms with van der Waals surface area (Å²) < 4.78 is 4.74. The Balaban J connectivity index is 2.06. The van der Waals surface area contributed by atoms with E-state index in [0.717, 1.165) is 38.5 Å². The molecule has 0 saturated carbocycles. The lowest BCUT2D eigenvalue weighted by atomic mass is 9.71. The van der Waals surface area contributed by atoms with Crippen molar-refractivity contribution in [3.63, 3.8) is 0 Å². The second kappa shape index (κ2) is 11.5. The van der Waals surface area contributed by atoms with Crippen LogP contribution in [0.1, 0.15) is 66.2 Å². The van der Waals surface area contributed by atoms with E-state index < -0.39 is 28.7 Å². The van der Waals surface area contributed by atoms with Crippen molar-refractivity contribution in [1.82, 2.24) is 9.80 Å². The van der Waals surface area contributed by atoms with Gasteiger partial charge in [-0.05, 0) is 32.1 Å². The maximum absolute atomic E-state index is 14.2. The lowest BCUT2D eigenvalue weighted by Crippen LogP contribution is -2.58. The average Bonchev–Trinajstić information content (AvgIpc) is 3.46. The minimum absolute atomic E-state index is 0.00503. The van der Waals surface area contributed by atoms with E-state index in [1.54, 1.807) is 29.7 Å². The second-order valence-corrected chi connectivity index (χ2v) is 11.6. The molecule has 2 bridgehead atoms. The molecule has 1 N–H and O–H groups in total. The molecule has 3 fully saturated rings. The maximum Gasteiger partial charge on any atom is 0.310 e. The van der Waals surface area contributed by atoms with Gasteiger partial charge in [0.2, 0.25) is 11.8 Å². The summed E-state index contributed by atoms with van der Waals surface area (Å²) >= 11 is 1.65. The predicted octanol–water partition coefficient (Wildman–Crippen LogP) is 3.25. The van der Waals surface area contributed by atoms with Gasteiger partial charge < -0.3 is 19.6 Å². The van der Waals surface area contributed by atoms with E-state index in [9.17, 15) is 19.5 Å². The molecule has 0 aromatic carbocycles. The van der Waals surface area contributed by atoms with E-state index in [1.165, 1.54) is 0 Å².